The summed E-state index contributed by atoms with van der Waals surface area (Å²) in [6.07, 6.45) is 0.856. The molecule has 2 aromatic rings. The first-order valence-electron chi connectivity index (χ1n) is 7.72. The number of benzene rings is 2. The Kier molecular flexibility index (Phi) is 6.19. The fourth-order valence-corrected chi connectivity index (χ4v) is 3.64. The monoisotopic (exact) mass is 412 g/mol. The Morgan fingerprint density at radius 2 is 1.59 bits per heavy atom. The molecule has 0 radical (unpaired) electrons. The van der Waals surface area contributed by atoms with Crippen molar-refractivity contribution < 1.29 is 21.0 Å². The quantitative estimate of drug-likeness (QED) is 0.402. The van der Waals surface area contributed by atoms with Gasteiger partial charge in [0, 0.05) is 5.69 Å². The Morgan fingerprint density at radius 3 is 2.19 bits per heavy atom. The van der Waals surface area contributed by atoms with Gasteiger partial charge in [0.1, 0.15) is 5.69 Å². The minimum absolute atomic E-state index is 0.0291. The summed E-state index contributed by atoms with van der Waals surface area (Å²) in [4.78, 5) is 0.0291. The average Bonchev–Trinajstić information content (AvgIpc) is 2.56. The van der Waals surface area contributed by atoms with Crippen molar-refractivity contribution >= 4 is 42.7 Å². The van der Waals surface area contributed by atoms with Crippen molar-refractivity contribution in [2.75, 3.05) is 30.1 Å². The predicted molar refractivity (Wildman–Crippen MR) is 103 cm³/mol. The Balaban J connectivity index is 2.12. The highest BCUT2D eigenvalue weighted by Crippen LogP contribution is 2.29. The van der Waals surface area contributed by atoms with E-state index in [-0.39, 0.29) is 4.90 Å². The molecule has 0 bridgehead atoms. The number of sulfone groups is 1. The van der Waals surface area contributed by atoms with E-state index >= 15 is 0 Å². The van der Waals surface area contributed by atoms with Crippen molar-refractivity contribution in [3.8, 4) is 0 Å². The average molecular weight is 412 g/mol. The van der Waals surface area contributed by atoms with Crippen LogP contribution in [0.2, 0.25) is 0 Å². The third kappa shape index (κ3) is 6.01. The predicted octanol–water partition coefficient (Wildman–Crippen LogP) is 2.32. The van der Waals surface area contributed by atoms with E-state index in [4.69, 9.17) is 11.5 Å². The van der Waals surface area contributed by atoms with E-state index < -0.39 is 32.3 Å². The summed E-state index contributed by atoms with van der Waals surface area (Å²) in [7, 11) is -7.37. The van der Waals surface area contributed by atoms with Crippen molar-refractivity contribution in [1.82, 2.24) is 0 Å². The number of nitrogen functional groups attached to an aromatic ring is 2. The summed E-state index contributed by atoms with van der Waals surface area (Å²) in [6.45, 7) is 1.37. The zero-order valence-corrected chi connectivity index (χ0v) is 16.4. The summed E-state index contributed by atoms with van der Waals surface area (Å²) >= 11 is 0. The molecular formula is C16H20N4O5S2. The summed E-state index contributed by atoms with van der Waals surface area (Å²) in [6, 6.07) is 8.98. The van der Waals surface area contributed by atoms with E-state index in [1.165, 1.54) is 24.3 Å². The van der Waals surface area contributed by atoms with Gasteiger partial charge in [0.2, 0.25) is 0 Å². The zero-order valence-electron chi connectivity index (χ0n) is 14.8. The Bertz CT molecular complexity index is 1060. The second-order valence-corrected chi connectivity index (χ2v) is 9.56. The molecule has 9 nitrogen and oxygen atoms in total. The fourth-order valence-electron chi connectivity index (χ4n) is 2.06. The van der Waals surface area contributed by atoms with Crippen LogP contribution in [0.25, 0.3) is 0 Å². The second-order valence-electron chi connectivity index (χ2n) is 5.81. The molecule has 2 rings (SSSR count). The van der Waals surface area contributed by atoms with Gasteiger partial charge < -0.3 is 11.5 Å². The summed E-state index contributed by atoms with van der Waals surface area (Å²) in [5.74, 6) is -0.456. The molecule has 0 heterocycles. The Morgan fingerprint density at radius 1 is 0.963 bits per heavy atom. The highest BCUT2D eigenvalue weighted by Gasteiger charge is 2.15. The lowest BCUT2D eigenvalue weighted by atomic mass is 10.1. The lowest BCUT2D eigenvalue weighted by Crippen LogP contribution is -2.15. The minimum atomic E-state index is -3.69. The maximum absolute atomic E-state index is 12.2. The molecule has 146 valence electrons. The maximum atomic E-state index is 12.2. The third-order valence-electron chi connectivity index (χ3n) is 3.53. The molecule has 0 amide bonds. The van der Waals surface area contributed by atoms with Gasteiger partial charge in [-0.25, -0.2) is 8.42 Å². The number of nitrogens with zero attached hydrogens (tertiary/aromatic N) is 2. The number of nitrogens with two attached hydrogens (primary N) is 2. The highest BCUT2D eigenvalue weighted by atomic mass is 32.2. The molecule has 0 saturated heterocycles. The highest BCUT2D eigenvalue weighted by molar-refractivity contribution is 7.91. The summed E-state index contributed by atoms with van der Waals surface area (Å²) in [5, 5.41) is 8.09. The zero-order chi connectivity index (χ0) is 20.2. The molecule has 0 aliphatic rings. The molecule has 0 fully saturated rings. The van der Waals surface area contributed by atoms with E-state index in [1.54, 1.807) is 12.1 Å². The van der Waals surface area contributed by atoms with Crippen LogP contribution in [-0.2, 0) is 24.1 Å². The van der Waals surface area contributed by atoms with Gasteiger partial charge in [-0.3, -0.25) is 4.18 Å². The number of anilines is 2. The van der Waals surface area contributed by atoms with E-state index in [0.29, 0.717) is 22.7 Å². The van der Waals surface area contributed by atoms with Gasteiger partial charge in [0.05, 0.1) is 34.9 Å². The first kappa shape index (κ1) is 20.8. The van der Waals surface area contributed by atoms with Crippen molar-refractivity contribution in [2.45, 2.75) is 11.8 Å². The van der Waals surface area contributed by atoms with Crippen molar-refractivity contribution in [2.24, 2.45) is 10.2 Å². The van der Waals surface area contributed by atoms with Crippen molar-refractivity contribution in [3.63, 3.8) is 0 Å². The van der Waals surface area contributed by atoms with Crippen molar-refractivity contribution in [3.05, 3.63) is 42.0 Å². The molecule has 0 atom stereocenters. The van der Waals surface area contributed by atoms with Crippen LogP contribution < -0.4 is 11.5 Å². The van der Waals surface area contributed by atoms with Crippen LogP contribution in [0.15, 0.2) is 51.5 Å². The van der Waals surface area contributed by atoms with Crippen LogP contribution in [-0.4, -0.2) is 35.5 Å². The van der Waals surface area contributed by atoms with Crippen LogP contribution in [0.4, 0.5) is 22.7 Å². The Hall–Kier alpha value is -2.50. The standard InChI is InChI=1S/C16H20N4O5S2/c1-11-9-16(15(18)10-14(11)17)20-19-12-3-5-13(6-4-12)27(23,24)8-7-25-26(2,21)22/h3-6,9-10H,7-8,17-18H2,1-2H3. The molecule has 0 aromatic heterocycles. The van der Waals surface area contributed by atoms with E-state index in [9.17, 15) is 16.8 Å². The fraction of sp³-hybridized carbons (Fsp3) is 0.250. The van der Waals surface area contributed by atoms with Gasteiger partial charge in [0.15, 0.2) is 9.84 Å². The number of hydrogen-bond acceptors (Lipinski definition) is 9. The SMILES string of the molecule is Cc1cc(N=Nc2ccc(S(=O)(=O)CCOS(C)(=O)=O)cc2)c(N)cc1N. The molecule has 0 aliphatic heterocycles. The van der Waals surface area contributed by atoms with Gasteiger partial charge >= 0.3 is 0 Å². The number of hydrogen-bond donors (Lipinski definition) is 2. The third-order valence-corrected chi connectivity index (χ3v) is 5.82. The van der Waals surface area contributed by atoms with Crippen molar-refractivity contribution in [1.29, 1.82) is 0 Å². The minimum Gasteiger partial charge on any atom is -0.398 e. The van der Waals surface area contributed by atoms with E-state index in [2.05, 4.69) is 14.4 Å². The largest absolute Gasteiger partial charge is 0.398 e. The van der Waals surface area contributed by atoms with Crippen LogP contribution in [0.3, 0.4) is 0 Å². The molecule has 0 saturated carbocycles. The van der Waals surface area contributed by atoms with Gasteiger partial charge in [-0.2, -0.15) is 13.5 Å². The van der Waals surface area contributed by atoms with Gasteiger partial charge in [-0.15, -0.1) is 5.11 Å². The van der Waals surface area contributed by atoms with Crippen LogP contribution >= 0.6 is 0 Å². The topological polar surface area (TPSA) is 154 Å². The lowest BCUT2D eigenvalue weighted by molar-refractivity contribution is 0.343. The first-order chi connectivity index (χ1) is 12.5. The van der Waals surface area contributed by atoms with Crippen LogP contribution in [0.5, 0.6) is 0 Å². The molecule has 4 N–H and O–H groups in total. The van der Waals surface area contributed by atoms with Gasteiger partial charge in [-0.1, -0.05) is 0 Å². The molecule has 27 heavy (non-hydrogen) atoms. The smallest absolute Gasteiger partial charge is 0.264 e. The molecule has 0 aliphatic carbocycles. The van der Waals surface area contributed by atoms with E-state index in [1.807, 2.05) is 6.92 Å². The summed E-state index contributed by atoms with van der Waals surface area (Å²) < 4.78 is 50.6. The molecule has 2 aromatic carbocycles. The Labute approximate surface area is 158 Å². The number of azo groups is 1. The summed E-state index contributed by atoms with van der Waals surface area (Å²) in [5.41, 5.74) is 14.2. The van der Waals surface area contributed by atoms with Crippen LogP contribution in [0.1, 0.15) is 5.56 Å². The van der Waals surface area contributed by atoms with Crippen LogP contribution in [0, 0.1) is 6.92 Å². The van der Waals surface area contributed by atoms with E-state index in [0.717, 1.165) is 11.8 Å². The maximum Gasteiger partial charge on any atom is 0.264 e. The molecular weight excluding hydrogens is 392 g/mol. The first-order valence-corrected chi connectivity index (χ1v) is 11.2. The lowest BCUT2D eigenvalue weighted by Gasteiger charge is -2.05. The number of rotatable bonds is 7. The van der Waals surface area contributed by atoms with Gasteiger partial charge in [-0.05, 0) is 48.9 Å². The number of aryl methyl sites for hydroxylation is 1. The van der Waals surface area contributed by atoms with Gasteiger partial charge in [0.25, 0.3) is 10.1 Å². The molecule has 11 heteroatoms. The molecule has 0 unspecified atom stereocenters. The second kappa shape index (κ2) is 8.03. The molecule has 0 spiro atoms. The normalized spacial score (nSPS) is 12.5.